The number of benzene rings is 4. The SMILES string of the molecule is CCOC1=NC2=C(c3c(F)c(F)c(F)c(F)c3F)c3cc(c[nH]3)C(c3c(F)c(F)c(F)c(F)c3F)=c3ccc([nH]3)=C(c3c(F)c(F)c(F)c(F)c3F)C3=NC(=C(c4c(F)c(F)c(F)c(F)c4F)C1=C2)C=C3. The number of fused-ring (bicyclic) bond motifs is 6. The first-order chi connectivity index (χ1) is 33.5. The molecule has 4 aromatic carbocycles. The molecule has 0 saturated heterocycles. The second-order valence-corrected chi connectivity index (χ2v) is 14.9. The summed E-state index contributed by atoms with van der Waals surface area (Å²) < 4.78 is 311. The maximum absolute atomic E-state index is 16.1. The van der Waals surface area contributed by atoms with Crippen molar-refractivity contribution in [2.24, 2.45) is 9.98 Å². The number of aromatic amines is 2. The molecule has 0 spiro atoms. The van der Waals surface area contributed by atoms with Crippen molar-refractivity contribution in [3.05, 3.63) is 220 Å². The summed E-state index contributed by atoms with van der Waals surface area (Å²) in [4.78, 5) is 12.5. The minimum absolute atomic E-state index is 0.437. The number of nitrogens with zero attached hydrogens (tertiary/aromatic N) is 2. The van der Waals surface area contributed by atoms with Crippen LogP contribution >= 0.6 is 0 Å². The Morgan fingerprint density at radius 3 is 1.24 bits per heavy atom. The molecule has 8 bridgehead atoms. The summed E-state index contributed by atoms with van der Waals surface area (Å²) in [7, 11) is 0. The molecule has 364 valence electrons. The third-order valence-electron chi connectivity index (χ3n) is 11.0. The Labute approximate surface area is 379 Å². The van der Waals surface area contributed by atoms with Gasteiger partial charge in [0.25, 0.3) is 0 Å². The van der Waals surface area contributed by atoms with E-state index < -0.39 is 218 Å². The van der Waals surface area contributed by atoms with Crippen LogP contribution in [0, 0.1) is 116 Å². The summed E-state index contributed by atoms with van der Waals surface area (Å²) in [6, 6.07) is 1.79. The van der Waals surface area contributed by atoms with Crippen molar-refractivity contribution in [1.82, 2.24) is 9.97 Å². The topological polar surface area (TPSA) is 65.5 Å². The van der Waals surface area contributed by atoms with Crippen LogP contribution in [-0.4, -0.2) is 28.2 Å². The predicted molar refractivity (Wildman–Crippen MR) is 207 cm³/mol. The van der Waals surface area contributed by atoms with E-state index in [1.165, 1.54) is 6.92 Å². The number of hydrogen-bond donors (Lipinski definition) is 2. The zero-order chi connectivity index (χ0) is 51.6. The largest absolute Gasteiger partial charge is 0.478 e. The van der Waals surface area contributed by atoms with Crippen LogP contribution in [0.5, 0.6) is 0 Å². The van der Waals surface area contributed by atoms with E-state index in [9.17, 15) is 17.6 Å². The molecular formula is C46H14F20N4O. The molecule has 5 heterocycles. The molecule has 3 aliphatic rings. The van der Waals surface area contributed by atoms with Crippen LogP contribution in [0.25, 0.3) is 22.3 Å². The third-order valence-corrected chi connectivity index (χ3v) is 11.0. The molecule has 0 aliphatic carbocycles. The van der Waals surface area contributed by atoms with Crippen molar-refractivity contribution in [3.63, 3.8) is 0 Å². The van der Waals surface area contributed by atoms with Gasteiger partial charge in [-0.2, -0.15) is 0 Å². The van der Waals surface area contributed by atoms with Gasteiger partial charge in [-0.25, -0.2) is 97.8 Å². The number of halogens is 20. The van der Waals surface area contributed by atoms with Gasteiger partial charge in [-0.3, -0.25) is 0 Å². The molecule has 0 fully saturated rings. The summed E-state index contributed by atoms with van der Waals surface area (Å²) >= 11 is 0. The lowest BCUT2D eigenvalue weighted by Gasteiger charge is -2.16. The molecule has 25 heteroatoms. The van der Waals surface area contributed by atoms with Crippen molar-refractivity contribution < 1.29 is 92.5 Å². The van der Waals surface area contributed by atoms with E-state index >= 15 is 70.2 Å². The lowest BCUT2D eigenvalue weighted by atomic mass is 9.92. The highest BCUT2D eigenvalue weighted by molar-refractivity contribution is 6.31. The number of rotatable bonds is 5. The first kappa shape index (κ1) is 47.9. The molecule has 0 amide bonds. The summed E-state index contributed by atoms with van der Waals surface area (Å²) in [5.74, 6) is -54.0. The Morgan fingerprint density at radius 2 is 0.803 bits per heavy atom. The number of allylic oxidation sites excluding steroid dienone is 3. The fourth-order valence-corrected chi connectivity index (χ4v) is 7.90. The highest BCUT2D eigenvalue weighted by Crippen LogP contribution is 2.44. The monoisotopic (exact) mass is 1020 g/mol. The highest BCUT2D eigenvalue weighted by Gasteiger charge is 2.39. The Kier molecular flexibility index (Phi) is 11.5. The quantitative estimate of drug-likeness (QED) is 0.101. The minimum atomic E-state index is -2.74. The summed E-state index contributed by atoms with van der Waals surface area (Å²) in [6.07, 6.45) is 2.17. The molecule has 0 saturated carbocycles. The smallest absolute Gasteiger partial charge is 0.222 e. The van der Waals surface area contributed by atoms with Crippen LogP contribution in [0.4, 0.5) is 87.8 Å². The average molecular weight is 1020 g/mol. The van der Waals surface area contributed by atoms with E-state index in [0.717, 1.165) is 0 Å². The molecule has 2 N–H and O–H groups in total. The fraction of sp³-hybridized carbons (Fsp3) is 0.0435. The Bertz CT molecular complexity index is 3660. The Morgan fingerprint density at radius 1 is 0.423 bits per heavy atom. The standard InChI is InChI=1S/C46H14F20N4O/c1-2-71-46-11-8-17(70-46)21(25-32(53)40(61)45(66)41(62)33(25)54)16-7-10(9-67-16)18(22-26(47)34(55)42(63)35(56)27(22)48)12-3-5-14(68-12)20(24-30(51)38(59)44(65)39(60)31(24)52)15-6-4-13(69-15)19(11)23-28(49)36(57)43(64)37(58)29(23)50/h3-9,67-68H,2H2,1H3. The van der Waals surface area contributed by atoms with Crippen LogP contribution in [0.3, 0.4) is 0 Å². The molecular weight excluding hydrogens is 1000 g/mol. The van der Waals surface area contributed by atoms with Gasteiger partial charge in [-0.1, -0.05) is 0 Å². The van der Waals surface area contributed by atoms with Gasteiger partial charge in [-0.05, 0) is 43.4 Å². The molecule has 5 nitrogen and oxygen atoms in total. The number of aliphatic imine (C=N–C) groups is 2. The Hall–Kier alpha value is -8.12. The lowest BCUT2D eigenvalue weighted by molar-refractivity contribution is 0.329. The second-order valence-electron chi connectivity index (χ2n) is 14.9. The summed E-state index contributed by atoms with van der Waals surface area (Å²) in [5, 5.41) is -1.87. The highest BCUT2D eigenvalue weighted by atomic mass is 19.2. The van der Waals surface area contributed by atoms with E-state index in [1.807, 2.05) is 0 Å². The van der Waals surface area contributed by atoms with Crippen LogP contribution in [0.15, 0.2) is 69.6 Å². The normalized spacial score (nSPS) is 14.6. The summed E-state index contributed by atoms with van der Waals surface area (Å²) in [6.45, 7) is 0.592. The van der Waals surface area contributed by atoms with Gasteiger partial charge < -0.3 is 14.7 Å². The number of ether oxygens (including phenoxy) is 1. The van der Waals surface area contributed by atoms with Gasteiger partial charge in [-0.15, -0.1) is 0 Å². The molecule has 0 radical (unpaired) electrons. The number of H-pyrrole nitrogens is 2. The van der Waals surface area contributed by atoms with Crippen LogP contribution in [0.2, 0.25) is 0 Å². The number of aromatic nitrogens is 2. The predicted octanol–water partition coefficient (Wildman–Crippen LogP) is 11.1. The zero-order valence-corrected chi connectivity index (χ0v) is 34.1. The van der Waals surface area contributed by atoms with E-state index in [2.05, 4.69) is 20.0 Å². The molecule has 71 heavy (non-hydrogen) atoms. The second kappa shape index (κ2) is 17.1. The van der Waals surface area contributed by atoms with Gasteiger partial charge >= 0.3 is 0 Å². The third kappa shape index (κ3) is 7.01. The van der Waals surface area contributed by atoms with Gasteiger partial charge in [0.2, 0.25) is 29.2 Å². The molecule has 9 rings (SSSR count). The number of hydrogen-bond acceptors (Lipinski definition) is 3. The first-order valence-electron chi connectivity index (χ1n) is 19.4. The van der Waals surface area contributed by atoms with Crippen molar-refractivity contribution in [2.75, 3.05) is 6.61 Å². The van der Waals surface area contributed by atoms with Crippen molar-refractivity contribution >= 4 is 33.9 Å². The van der Waals surface area contributed by atoms with Crippen molar-refractivity contribution in [1.29, 1.82) is 0 Å². The van der Waals surface area contributed by atoms with Gasteiger partial charge in [0.15, 0.2) is 93.1 Å². The van der Waals surface area contributed by atoms with Crippen molar-refractivity contribution in [2.45, 2.75) is 6.92 Å². The van der Waals surface area contributed by atoms with Gasteiger partial charge in [0.05, 0.1) is 46.0 Å². The van der Waals surface area contributed by atoms with Crippen molar-refractivity contribution in [3.8, 4) is 0 Å². The fourth-order valence-electron chi connectivity index (χ4n) is 7.90. The lowest BCUT2D eigenvalue weighted by Crippen LogP contribution is -2.22. The van der Waals surface area contributed by atoms with Crippen LogP contribution in [-0.2, 0) is 4.74 Å². The van der Waals surface area contributed by atoms with E-state index in [0.29, 0.717) is 42.6 Å². The minimum Gasteiger partial charge on any atom is -0.478 e. The zero-order valence-electron chi connectivity index (χ0n) is 34.1. The number of nitrogens with one attached hydrogen (secondary N) is 2. The first-order valence-corrected chi connectivity index (χ1v) is 19.4. The molecule has 2 aromatic heterocycles. The van der Waals surface area contributed by atoms with E-state index in [4.69, 9.17) is 4.74 Å². The van der Waals surface area contributed by atoms with E-state index in [-0.39, 0.29) is 0 Å². The maximum Gasteiger partial charge on any atom is 0.222 e. The molecule has 3 aliphatic heterocycles. The van der Waals surface area contributed by atoms with Crippen LogP contribution in [0.1, 0.15) is 40.4 Å². The summed E-state index contributed by atoms with van der Waals surface area (Å²) in [5.41, 5.74) is -18.9. The molecule has 0 atom stereocenters. The van der Waals surface area contributed by atoms with Gasteiger partial charge in [0.1, 0.15) is 0 Å². The maximum atomic E-state index is 16.1. The molecule has 6 aromatic rings. The van der Waals surface area contributed by atoms with E-state index in [1.54, 1.807) is 0 Å². The van der Waals surface area contributed by atoms with Gasteiger partial charge in [0, 0.05) is 56.0 Å². The molecule has 0 unspecified atom stereocenters. The Balaban J connectivity index is 1.57. The average Bonchev–Trinajstić information content (AvgIpc) is 4.21. The van der Waals surface area contributed by atoms with Crippen LogP contribution < -0.4 is 10.7 Å².